The number of rotatable bonds is 3. The minimum absolute atomic E-state index is 0.478. The molecule has 0 bridgehead atoms. The first kappa shape index (κ1) is 12.7. The van der Waals surface area contributed by atoms with Gasteiger partial charge in [-0.05, 0) is 24.0 Å². The summed E-state index contributed by atoms with van der Waals surface area (Å²) in [7, 11) is 0. The van der Waals surface area contributed by atoms with Crippen molar-refractivity contribution in [1.29, 1.82) is 0 Å². The Bertz CT molecular complexity index is 477. The van der Waals surface area contributed by atoms with Gasteiger partial charge in [0, 0.05) is 24.4 Å². The van der Waals surface area contributed by atoms with Crippen LogP contribution in [0.3, 0.4) is 0 Å². The standard InChI is InChI=1S/C15H19NO2/c1-11(2)13-5-3-4-6-14(13)16-9-7-12(8-10-16)15(17)18/h3-7,11H,8-10H2,1-2H3,(H,17,18). The predicted octanol–water partition coefficient (Wildman–Crippen LogP) is 3.03. The summed E-state index contributed by atoms with van der Waals surface area (Å²) in [5, 5.41) is 8.95. The number of carbonyl (C=O) groups is 1. The molecule has 3 heteroatoms. The second-order valence-corrected chi connectivity index (χ2v) is 4.94. The molecule has 18 heavy (non-hydrogen) atoms. The van der Waals surface area contributed by atoms with Crippen LogP contribution in [0, 0.1) is 0 Å². The van der Waals surface area contributed by atoms with E-state index in [0.29, 0.717) is 24.5 Å². The SMILES string of the molecule is CC(C)c1ccccc1N1CC=C(C(=O)O)CC1. The number of nitrogens with zero attached hydrogens (tertiary/aromatic N) is 1. The summed E-state index contributed by atoms with van der Waals surface area (Å²) < 4.78 is 0. The van der Waals surface area contributed by atoms with Gasteiger partial charge in [-0.2, -0.15) is 0 Å². The van der Waals surface area contributed by atoms with Crippen molar-refractivity contribution in [2.45, 2.75) is 26.2 Å². The maximum absolute atomic E-state index is 10.9. The van der Waals surface area contributed by atoms with Crippen LogP contribution in [-0.2, 0) is 4.79 Å². The van der Waals surface area contributed by atoms with Crippen molar-refractivity contribution in [2.24, 2.45) is 0 Å². The van der Waals surface area contributed by atoms with Crippen molar-refractivity contribution in [3.8, 4) is 0 Å². The lowest BCUT2D eigenvalue weighted by Crippen LogP contribution is -2.30. The number of hydrogen-bond acceptors (Lipinski definition) is 2. The zero-order valence-corrected chi connectivity index (χ0v) is 10.9. The molecule has 0 saturated carbocycles. The van der Waals surface area contributed by atoms with Crippen molar-refractivity contribution >= 4 is 11.7 Å². The molecule has 0 saturated heterocycles. The molecule has 1 aromatic carbocycles. The van der Waals surface area contributed by atoms with Gasteiger partial charge in [-0.3, -0.25) is 0 Å². The second kappa shape index (κ2) is 5.25. The van der Waals surface area contributed by atoms with Gasteiger partial charge in [0.05, 0.1) is 0 Å². The summed E-state index contributed by atoms with van der Waals surface area (Å²) in [6, 6.07) is 8.37. The van der Waals surface area contributed by atoms with Crippen LogP contribution in [0.5, 0.6) is 0 Å². The fourth-order valence-electron chi connectivity index (χ4n) is 2.35. The van der Waals surface area contributed by atoms with E-state index < -0.39 is 5.97 Å². The molecular formula is C15H19NO2. The molecule has 0 radical (unpaired) electrons. The van der Waals surface area contributed by atoms with Gasteiger partial charge in [-0.15, -0.1) is 0 Å². The summed E-state index contributed by atoms with van der Waals surface area (Å²) in [4.78, 5) is 13.1. The lowest BCUT2D eigenvalue weighted by atomic mass is 9.99. The average Bonchev–Trinajstić information content (AvgIpc) is 2.39. The molecule has 0 fully saturated rings. The Hall–Kier alpha value is -1.77. The van der Waals surface area contributed by atoms with Crippen LogP contribution >= 0.6 is 0 Å². The molecule has 0 amide bonds. The summed E-state index contributed by atoms with van der Waals surface area (Å²) in [5.74, 6) is -0.308. The second-order valence-electron chi connectivity index (χ2n) is 4.94. The highest BCUT2D eigenvalue weighted by molar-refractivity contribution is 5.87. The monoisotopic (exact) mass is 245 g/mol. The van der Waals surface area contributed by atoms with Gasteiger partial charge in [-0.1, -0.05) is 38.1 Å². The van der Waals surface area contributed by atoms with Gasteiger partial charge < -0.3 is 10.0 Å². The van der Waals surface area contributed by atoms with Gasteiger partial charge in [0.15, 0.2) is 0 Å². The van der Waals surface area contributed by atoms with Crippen molar-refractivity contribution in [3.05, 3.63) is 41.5 Å². The van der Waals surface area contributed by atoms with Crippen LogP contribution < -0.4 is 4.90 Å². The average molecular weight is 245 g/mol. The normalized spacial score (nSPS) is 15.7. The summed E-state index contributed by atoms with van der Waals surface area (Å²) in [6.45, 7) is 5.83. The summed E-state index contributed by atoms with van der Waals surface area (Å²) in [5.41, 5.74) is 3.09. The lowest BCUT2D eigenvalue weighted by molar-refractivity contribution is -0.132. The molecule has 0 unspecified atom stereocenters. The summed E-state index contributed by atoms with van der Waals surface area (Å²) >= 11 is 0. The highest BCUT2D eigenvalue weighted by Crippen LogP contribution is 2.29. The van der Waals surface area contributed by atoms with Crippen molar-refractivity contribution in [2.75, 3.05) is 18.0 Å². The maximum Gasteiger partial charge on any atom is 0.331 e. The van der Waals surface area contributed by atoms with Crippen molar-refractivity contribution in [1.82, 2.24) is 0 Å². The quantitative estimate of drug-likeness (QED) is 0.889. The number of carboxylic acids is 1. The number of carboxylic acid groups (broad SMARTS) is 1. The lowest BCUT2D eigenvalue weighted by Gasteiger charge is -2.30. The van der Waals surface area contributed by atoms with E-state index in [4.69, 9.17) is 5.11 Å². The highest BCUT2D eigenvalue weighted by atomic mass is 16.4. The molecule has 1 N–H and O–H groups in total. The Morgan fingerprint density at radius 2 is 2.06 bits per heavy atom. The van der Waals surface area contributed by atoms with Crippen molar-refractivity contribution < 1.29 is 9.90 Å². The minimum Gasteiger partial charge on any atom is -0.478 e. The van der Waals surface area contributed by atoms with E-state index in [1.807, 2.05) is 12.1 Å². The molecule has 0 aliphatic carbocycles. The molecule has 1 aromatic rings. The number of para-hydroxylation sites is 1. The van der Waals surface area contributed by atoms with Gasteiger partial charge in [0.25, 0.3) is 0 Å². The predicted molar refractivity (Wildman–Crippen MR) is 73.1 cm³/mol. The Labute approximate surface area is 108 Å². The number of aliphatic carboxylic acids is 1. The molecule has 0 spiro atoms. The van der Waals surface area contributed by atoms with Gasteiger partial charge in [-0.25, -0.2) is 4.79 Å². The molecule has 2 rings (SSSR count). The van der Waals surface area contributed by atoms with E-state index >= 15 is 0 Å². The Morgan fingerprint density at radius 3 is 2.61 bits per heavy atom. The molecule has 0 aromatic heterocycles. The highest BCUT2D eigenvalue weighted by Gasteiger charge is 2.18. The van der Waals surface area contributed by atoms with Crippen LogP contribution in [0.2, 0.25) is 0 Å². The zero-order chi connectivity index (χ0) is 13.1. The first-order valence-corrected chi connectivity index (χ1v) is 6.35. The molecule has 1 heterocycles. The smallest absolute Gasteiger partial charge is 0.331 e. The van der Waals surface area contributed by atoms with Crippen molar-refractivity contribution in [3.63, 3.8) is 0 Å². The van der Waals surface area contributed by atoms with E-state index in [0.717, 1.165) is 6.54 Å². The van der Waals surface area contributed by atoms with Gasteiger partial charge in [0.1, 0.15) is 0 Å². The first-order chi connectivity index (χ1) is 8.59. The fourth-order valence-corrected chi connectivity index (χ4v) is 2.35. The third kappa shape index (κ3) is 2.55. The topological polar surface area (TPSA) is 40.5 Å². The fraction of sp³-hybridized carbons (Fsp3) is 0.400. The Kier molecular flexibility index (Phi) is 3.70. The van der Waals surface area contributed by atoms with Gasteiger partial charge >= 0.3 is 5.97 Å². The minimum atomic E-state index is -0.785. The van der Waals surface area contributed by atoms with E-state index in [1.54, 1.807) is 0 Å². The third-order valence-electron chi connectivity index (χ3n) is 3.38. The number of hydrogen-bond donors (Lipinski definition) is 1. The van der Waals surface area contributed by atoms with E-state index in [-0.39, 0.29) is 0 Å². The van der Waals surface area contributed by atoms with E-state index in [9.17, 15) is 4.79 Å². The maximum atomic E-state index is 10.9. The molecular weight excluding hydrogens is 226 g/mol. The molecule has 3 nitrogen and oxygen atoms in total. The van der Waals surface area contributed by atoms with Gasteiger partial charge in [0.2, 0.25) is 0 Å². The number of benzene rings is 1. The van der Waals surface area contributed by atoms with E-state index in [2.05, 4.69) is 36.9 Å². The molecule has 1 aliphatic rings. The zero-order valence-electron chi connectivity index (χ0n) is 10.9. The first-order valence-electron chi connectivity index (χ1n) is 6.35. The Morgan fingerprint density at radius 1 is 1.33 bits per heavy atom. The summed E-state index contributed by atoms with van der Waals surface area (Å²) in [6.07, 6.45) is 2.44. The van der Waals surface area contributed by atoms with E-state index in [1.165, 1.54) is 11.3 Å². The molecule has 1 aliphatic heterocycles. The van der Waals surface area contributed by atoms with Crippen LogP contribution in [0.15, 0.2) is 35.9 Å². The van der Waals surface area contributed by atoms with Crippen LogP contribution in [-0.4, -0.2) is 24.2 Å². The number of anilines is 1. The van der Waals surface area contributed by atoms with Crippen LogP contribution in [0.4, 0.5) is 5.69 Å². The Balaban J connectivity index is 2.22. The third-order valence-corrected chi connectivity index (χ3v) is 3.38. The van der Waals surface area contributed by atoms with Crippen LogP contribution in [0.1, 0.15) is 31.7 Å². The molecule has 0 atom stereocenters. The van der Waals surface area contributed by atoms with Crippen LogP contribution in [0.25, 0.3) is 0 Å². The largest absolute Gasteiger partial charge is 0.478 e. The molecule has 96 valence electrons.